The Hall–Kier alpha value is -2.21. The standard InChI is InChI=1S/C13H12N4OS/c1-14-12-11(15-16-19-12)8-17-7-6-9-4-2-3-5-10(9)13(17)18/h2-7,14H,8H2,1H3. The highest BCUT2D eigenvalue weighted by Gasteiger charge is 2.09. The zero-order chi connectivity index (χ0) is 13.2. The predicted octanol–water partition coefficient (Wildman–Crippen LogP) is 1.94. The van der Waals surface area contributed by atoms with Crippen LogP contribution in [0.1, 0.15) is 5.69 Å². The summed E-state index contributed by atoms with van der Waals surface area (Å²) in [4.78, 5) is 12.4. The number of anilines is 1. The summed E-state index contributed by atoms with van der Waals surface area (Å²) in [7, 11) is 1.82. The van der Waals surface area contributed by atoms with E-state index in [0.29, 0.717) is 6.54 Å². The van der Waals surface area contributed by atoms with Crippen molar-refractivity contribution in [2.24, 2.45) is 0 Å². The third-order valence-corrected chi connectivity index (χ3v) is 3.77. The molecule has 0 atom stereocenters. The Morgan fingerprint density at radius 3 is 3.00 bits per heavy atom. The summed E-state index contributed by atoms with van der Waals surface area (Å²) in [6.07, 6.45) is 1.80. The molecule has 0 bridgehead atoms. The van der Waals surface area contributed by atoms with E-state index in [0.717, 1.165) is 21.5 Å². The van der Waals surface area contributed by atoms with E-state index in [-0.39, 0.29) is 5.56 Å². The molecular formula is C13H12N4OS. The molecule has 2 heterocycles. The molecular weight excluding hydrogens is 260 g/mol. The summed E-state index contributed by atoms with van der Waals surface area (Å²) < 4.78 is 5.55. The predicted molar refractivity (Wildman–Crippen MR) is 76.8 cm³/mol. The zero-order valence-corrected chi connectivity index (χ0v) is 11.1. The molecule has 0 saturated carbocycles. The number of pyridine rings is 1. The first-order chi connectivity index (χ1) is 9.29. The Labute approximate surface area is 113 Å². The van der Waals surface area contributed by atoms with Gasteiger partial charge in [-0.2, -0.15) is 0 Å². The Morgan fingerprint density at radius 1 is 1.32 bits per heavy atom. The van der Waals surface area contributed by atoms with Gasteiger partial charge in [0.25, 0.3) is 5.56 Å². The largest absolute Gasteiger partial charge is 0.377 e. The van der Waals surface area contributed by atoms with E-state index in [4.69, 9.17) is 0 Å². The van der Waals surface area contributed by atoms with Crippen molar-refractivity contribution in [1.82, 2.24) is 14.2 Å². The van der Waals surface area contributed by atoms with Gasteiger partial charge in [-0.3, -0.25) is 4.79 Å². The van der Waals surface area contributed by atoms with Crippen molar-refractivity contribution in [2.45, 2.75) is 6.54 Å². The highest BCUT2D eigenvalue weighted by atomic mass is 32.1. The van der Waals surface area contributed by atoms with Crippen LogP contribution < -0.4 is 10.9 Å². The van der Waals surface area contributed by atoms with Crippen LogP contribution >= 0.6 is 11.5 Å². The van der Waals surface area contributed by atoms with Gasteiger partial charge in [0.15, 0.2) is 0 Å². The summed E-state index contributed by atoms with van der Waals surface area (Å²) in [5.41, 5.74) is 0.776. The number of nitrogens with one attached hydrogen (secondary N) is 1. The molecule has 3 rings (SSSR count). The lowest BCUT2D eigenvalue weighted by Gasteiger charge is -2.06. The second-order valence-electron chi connectivity index (χ2n) is 4.13. The number of hydrogen-bond acceptors (Lipinski definition) is 5. The molecule has 19 heavy (non-hydrogen) atoms. The SMILES string of the molecule is CNc1snnc1Cn1ccc2ccccc2c1=O. The van der Waals surface area contributed by atoms with Crippen LogP contribution in [-0.4, -0.2) is 21.2 Å². The number of aromatic nitrogens is 3. The van der Waals surface area contributed by atoms with E-state index < -0.39 is 0 Å². The maximum absolute atomic E-state index is 12.4. The van der Waals surface area contributed by atoms with Gasteiger partial charge >= 0.3 is 0 Å². The summed E-state index contributed by atoms with van der Waals surface area (Å²) >= 11 is 1.29. The lowest BCUT2D eigenvalue weighted by molar-refractivity contribution is 0.744. The first-order valence-electron chi connectivity index (χ1n) is 5.87. The van der Waals surface area contributed by atoms with Crippen LogP contribution in [0.4, 0.5) is 5.00 Å². The molecule has 0 unspecified atom stereocenters. The number of rotatable bonds is 3. The van der Waals surface area contributed by atoms with Crippen LogP contribution in [0.25, 0.3) is 10.8 Å². The molecule has 0 fully saturated rings. The molecule has 0 aliphatic heterocycles. The van der Waals surface area contributed by atoms with E-state index in [1.807, 2.05) is 37.4 Å². The van der Waals surface area contributed by atoms with Gasteiger partial charge in [0.1, 0.15) is 10.7 Å². The van der Waals surface area contributed by atoms with Crippen LogP contribution in [0.15, 0.2) is 41.3 Å². The maximum atomic E-state index is 12.4. The molecule has 0 aliphatic carbocycles. The summed E-state index contributed by atoms with van der Waals surface area (Å²) in [6.45, 7) is 0.427. The molecule has 0 aliphatic rings. The van der Waals surface area contributed by atoms with E-state index in [9.17, 15) is 4.79 Å². The van der Waals surface area contributed by atoms with Gasteiger partial charge in [-0.15, -0.1) is 5.10 Å². The normalized spacial score (nSPS) is 10.8. The number of nitrogens with zero attached hydrogens (tertiary/aromatic N) is 3. The number of fused-ring (bicyclic) bond motifs is 1. The third-order valence-electron chi connectivity index (χ3n) is 2.99. The van der Waals surface area contributed by atoms with Gasteiger partial charge < -0.3 is 9.88 Å². The van der Waals surface area contributed by atoms with Gasteiger partial charge in [0.2, 0.25) is 0 Å². The topological polar surface area (TPSA) is 59.8 Å². The quantitative estimate of drug-likeness (QED) is 0.791. The minimum atomic E-state index is -0.00634. The second kappa shape index (κ2) is 4.81. The van der Waals surface area contributed by atoms with Gasteiger partial charge in [0, 0.05) is 30.2 Å². The lowest BCUT2D eigenvalue weighted by Crippen LogP contribution is -2.20. The van der Waals surface area contributed by atoms with Crippen molar-refractivity contribution in [3.05, 3.63) is 52.6 Å². The highest BCUT2D eigenvalue weighted by Crippen LogP contribution is 2.17. The van der Waals surface area contributed by atoms with Crippen molar-refractivity contribution in [2.75, 3.05) is 12.4 Å². The van der Waals surface area contributed by atoms with E-state index >= 15 is 0 Å². The van der Waals surface area contributed by atoms with Gasteiger partial charge in [-0.05, 0) is 17.5 Å². The Kier molecular flexibility index (Phi) is 3.00. The summed E-state index contributed by atoms with van der Waals surface area (Å²) in [5.74, 6) is 0. The molecule has 1 aromatic carbocycles. The number of hydrogen-bond donors (Lipinski definition) is 1. The van der Waals surface area contributed by atoms with Crippen molar-refractivity contribution in [1.29, 1.82) is 0 Å². The van der Waals surface area contributed by atoms with Crippen molar-refractivity contribution < 1.29 is 0 Å². The average Bonchev–Trinajstić information content (AvgIpc) is 2.89. The average molecular weight is 272 g/mol. The molecule has 0 spiro atoms. The third kappa shape index (κ3) is 2.10. The molecule has 96 valence electrons. The monoisotopic (exact) mass is 272 g/mol. The number of benzene rings is 1. The van der Waals surface area contributed by atoms with Crippen LogP contribution in [0.5, 0.6) is 0 Å². The molecule has 0 radical (unpaired) electrons. The minimum absolute atomic E-state index is 0.00634. The lowest BCUT2D eigenvalue weighted by atomic mass is 10.2. The minimum Gasteiger partial charge on any atom is -0.377 e. The van der Waals surface area contributed by atoms with E-state index in [1.54, 1.807) is 10.8 Å². The smallest absolute Gasteiger partial charge is 0.258 e. The summed E-state index contributed by atoms with van der Waals surface area (Å²) in [6, 6.07) is 9.51. The van der Waals surface area contributed by atoms with Crippen molar-refractivity contribution in [3.8, 4) is 0 Å². The van der Waals surface area contributed by atoms with Crippen LogP contribution in [-0.2, 0) is 6.54 Å². The highest BCUT2D eigenvalue weighted by molar-refractivity contribution is 7.10. The fourth-order valence-electron chi connectivity index (χ4n) is 2.02. The molecule has 2 aromatic heterocycles. The Bertz CT molecular complexity index is 777. The zero-order valence-electron chi connectivity index (χ0n) is 10.3. The fourth-order valence-corrected chi connectivity index (χ4v) is 2.54. The van der Waals surface area contributed by atoms with E-state index in [1.165, 1.54) is 11.5 Å². The second-order valence-corrected chi connectivity index (χ2v) is 4.89. The van der Waals surface area contributed by atoms with Crippen LogP contribution in [0, 0.1) is 0 Å². The van der Waals surface area contributed by atoms with Crippen molar-refractivity contribution >= 4 is 27.3 Å². The molecule has 6 heteroatoms. The van der Waals surface area contributed by atoms with Gasteiger partial charge in [0.05, 0.1) is 6.54 Å². The summed E-state index contributed by atoms with van der Waals surface area (Å²) in [5, 5.41) is 9.64. The van der Waals surface area contributed by atoms with Gasteiger partial charge in [-0.1, -0.05) is 22.7 Å². The fraction of sp³-hybridized carbons (Fsp3) is 0.154. The van der Waals surface area contributed by atoms with E-state index in [2.05, 4.69) is 14.9 Å². The molecule has 3 aromatic rings. The van der Waals surface area contributed by atoms with Crippen LogP contribution in [0.3, 0.4) is 0 Å². The molecule has 1 N–H and O–H groups in total. The molecule has 0 amide bonds. The maximum Gasteiger partial charge on any atom is 0.258 e. The Balaban J connectivity index is 2.07. The van der Waals surface area contributed by atoms with Gasteiger partial charge in [-0.25, -0.2) is 0 Å². The first kappa shape index (κ1) is 11.9. The van der Waals surface area contributed by atoms with Crippen molar-refractivity contribution in [3.63, 3.8) is 0 Å². The molecule has 5 nitrogen and oxygen atoms in total. The first-order valence-corrected chi connectivity index (χ1v) is 6.64. The molecule has 0 saturated heterocycles. The Morgan fingerprint density at radius 2 is 2.16 bits per heavy atom. The van der Waals surface area contributed by atoms with Crippen LogP contribution in [0.2, 0.25) is 0 Å².